The first-order valence-electron chi connectivity index (χ1n) is 8.71. The average molecular weight is 388 g/mol. The summed E-state index contributed by atoms with van der Waals surface area (Å²) < 4.78 is 27.4. The number of carbonyl (C=O) groups is 2. The van der Waals surface area contributed by atoms with Crippen LogP contribution in [0.2, 0.25) is 0 Å². The summed E-state index contributed by atoms with van der Waals surface area (Å²) in [6, 6.07) is 11.9. The van der Waals surface area contributed by atoms with Crippen molar-refractivity contribution in [2.75, 3.05) is 11.3 Å². The predicted octanol–water partition coefficient (Wildman–Crippen LogP) is 3.47. The van der Waals surface area contributed by atoms with E-state index in [2.05, 4.69) is 23.9 Å². The monoisotopic (exact) mass is 388 g/mol. The first kappa shape index (κ1) is 20.6. The third kappa shape index (κ3) is 5.92. The van der Waals surface area contributed by atoms with Gasteiger partial charge < -0.3 is 5.32 Å². The zero-order chi connectivity index (χ0) is 20.0. The summed E-state index contributed by atoms with van der Waals surface area (Å²) in [5.41, 5.74) is 1.27. The van der Waals surface area contributed by atoms with Crippen LogP contribution >= 0.6 is 0 Å². The molecule has 0 aliphatic heterocycles. The maximum atomic E-state index is 12.5. The van der Waals surface area contributed by atoms with Crippen molar-refractivity contribution in [2.45, 2.75) is 32.1 Å². The van der Waals surface area contributed by atoms with E-state index in [0.717, 1.165) is 6.42 Å². The lowest BCUT2D eigenvalue weighted by Gasteiger charge is -2.10. The largest absolute Gasteiger partial charge is 0.352 e. The summed E-state index contributed by atoms with van der Waals surface area (Å²) in [5, 5.41) is 2.81. The van der Waals surface area contributed by atoms with Gasteiger partial charge in [-0.2, -0.15) is 0 Å². The molecule has 2 N–H and O–H groups in total. The highest BCUT2D eigenvalue weighted by Crippen LogP contribution is 2.17. The summed E-state index contributed by atoms with van der Waals surface area (Å²) in [6.07, 6.45) is 0.880. The van der Waals surface area contributed by atoms with Gasteiger partial charge in [0.25, 0.3) is 15.9 Å². The van der Waals surface area contributed by atoms with Crippen LogP contribution < -0.4 is 10.0 Å². The van der Waals surface area contributed by atoms with Crippen LogP contribution in [-0.2, 0) is 10.0 Å². The maximum absolute atomic E-state index is 12.5. The highest BCUT2D eigenvalue weighted by atomic mass is 32.2. The Kier molecular flexibility index (Phi) is 6.74. The van der Waals surface area contributed by atoms with Crippen molar-refractivity contribution >= 4 is 27.4 Å². The number of carbonyl (C=O) groups excluding carboxylic acids is 2. The van der Waals surface area contributed by atoms with Crippen LogP contribution in [0.5, 0.6) is 0 Å². The van der Waals surface area contributed by atoms with E-state index in [-0.39, 0.29) is 16.6 Å². The molecule has 1 amide bonds. The minimum absolute atomic E-state index is 0.0527. The quantitative estimate of drug-likeness (QED) is 0.677. The van der Waals surface area contributed by atoms with E-state index in [1.54, 1.807) is 12.1 Å². The summed E-state index contributed by atoms with van der Waals surface area (Å²) in [7, 11) is -3.78. The number of nitrogens with one attached hydrogen (secondary N) is 2. The molecule has 144 valence electrons. The van der Waals surface area contributed by atoms with Crippen molar-refractivity contribution in [3.8, 4) is 0 Å². The molecule has 0 aliphatic rings. The molecule has 2 rings (SSSR count). The van der Waals surface area contributed by atoms with Crippen LogP contribution in [0.25, 0.3) is 0 Å². The molecule has 0 fully saturated rings. The highest BCUT2D eigenvalue weighted by Gasteiger charge is 2.15. The van der Waals surface area contributed by atoms with Gasteiger partial charge in [-0.15, -0.1) is 0 Å². The molecule has 0 radical (unpaired) electrons. The Balaban J connectivity index is 2.06. The summed E-state index contributed by atoms with van der Waals surface area (Å²) in [6.45, 7) is 6.17. The summed E-state index contributed by atoms with van der Waals surface area (Å²) in [4.78, 5) is 23.4. The van der Waals surface area contributed by atoms with E-state index in [1.807, 2.05) is 0 Å². The molecule has 0 aromatic heterocycles. The second-order valence-corrected chi connectivity index (χ2v) is 8.38. The zero-order valence-corrected chi connectivity index (χ0v) is 16.5. The zero-order valence-electron chi connectivity index (χ0n) is 15.7. The molecule has 2 aromatic carbocycles. The van der Waals surface area contributed by atoms with Crippen LogP contribution in [0.4, 0.5) is 5.69 Å². The molecule has 6 nitrogen and oxygen atoms in total. The number of amides is 1. The third-order valence-electron chi connectivity index (χ3n) is 3.98. The molecule has 0 spiro atoms. The van der Waals surface area contributed by atoms with Crippen molar-refractivity contribution in [1.82, 2.24) is 5.32 Å². The molecule has 0 aliphatic carbocycles. The van der Waals surface area contributed by atoms with E-state index >= 15 is 0 Å². The Hall–Kier alpha value is -2.67. The van der Waals surface area contributed by atoms with Gasteiger partial charge in [-0.3, -0.25) is 14.3 Å². The number of hydrogen-bond donors (Lipinski definition) is 2. The number of ketones is 1. The predicted molar refractivity (Wildman–Crippen MR) is 105 cm³/mol. The fraction of sp³-hybridized carbons (Fsp3) is 0.300. The van der Waals surface area contributed by atoms with Crippen molar-refractivity contribution < 1.29 is 18.0 Å². The van der Waals surface area contributed by atoms with Gasteiger partial charge in [-0.1, -0.05) is 13.8 Å². The molecular weight excluding hydrogens is 364 g/mol. The van der Waals surface area contributed by atoms with Gasteiger partial charge in [0, 0.05) is 23.4 Å². The van der Waals surface area contributed by atoms with Crippen molar-refractivity contribution in [2.24, 2.45) is 5.92 Å². The van der Waals surface area contributed by atoms with Crippen LogP contribution in [0.3, 0.4) is 0 Å². The number of sulfonamides is 1. The van der Waals surface area contributed by atoms with E-state index < -0.39 is 10.0 Å². The third-order valence-corrected chi connectivity index (χ3v) is 5.37. The Morgan fingerprint density at radius 1 is 0.926 bits per heavy atom. The number of Topliss-reactive ketones (excluding diaryl/α,β-unsaturated/α-hetero) is 1. The molecule has 2 aromatic rings. The fourth-order valence-electron chi connectivity index (χ4n) is 2.35. The molecular formula is C20H24N2O4S. The lowest BCUT2D eigenvalue weighted by Crippen LogP contribution is -2.25. The highest BCUT2D eigenvalue weighted by molar-refractivity contribution is 7.92. The van der Waals surface area contributed by atoms with E-state index in [4.69, 9.17) is 0 Å². The van der Waals surface area contributed by atoms with Crippen molar-refractivity contribution in [1.29, 1.82) is 0 Å². The number of hydrogen-bond acceptors (Lipinski definition) is 4. The molecule has 7 heteroatoms. The molecule has 0 unspecified atom stereocenters. The lowest BCUT2D eigenvalue weighted by atomic mass is 10.1. The van der Waals surface area contributed by atoms with Crippen molar-refractivity contribution in [3.63, 3.8) is 0 Å². The first-order valence-corrected chi connectivity index (χ1v) is 10.2. The van der Waals surface area contributed by atoms with Gasteiger partial charge in [-0.05, 0) is 67.8 Å². The molecule has 27 heavy (non-hydrogen) atoms. The van der Waals surface area contributed by atoms with Crippen LogP contribution in [-0.4, -0.2) is 26.7 Å². The average Bonchev–Trinajstić information content (AvgIpc) is 2.61. The smallest absolute Gasteiger partial charge is 0.261 e. The SMILES string of the molecule is CC(=O)c1ccc(NS(=O)(=O)c2ccc(C(=O)NCCC(C)C)cc2)cc1. The number of anilines is 1. The van der Waals surface area contributed by atoms with Gasteiger partial charge in [0.2, 0.25) is 0 Å². The first-order chi connectivity index (χ1) is 12.7. The van der Waals surface area contributed by atoms with Crippen LogP contribution in [0.15, 0.2) is 53.4 Å². The standard InChI is InChI=1S/C20H24N2O4S/c1-14(2)12-13-21-20(24)17-6-10-19(11-7-17)27(25,26)22-18-8-4-16(5-9-18)15(3)23/h4-11,14,22H,12-13H2,1-3H3,(H,21,24). The topological polar surface area (TPSA) is 92.3 Å². The van der Waals surface area contributed by atoms with E-state index in [0.29, 0.717) is 29.3 Å². The number of rotatable bonds is 8. The van der Waals surface area contributed by atoms with E-state index in [1.165, 1.54) is 43.3 Å². The van der Waals surface area contributed by atoms with Crippen LogP contribution in [0.1, 0.15) is 47.9 Å². The second kappa shape index (κ2) is 8.81. The Morgan fingerprint density at radius 2 is 1.48 bits per heavy atom. The summed E-state index contributed by atoms with van der Waals surface area (Å²) >= 11 is 0. The Labute approximate surface area is 160 Å². The normalized spacial score (nSPS) is 11.3. The van der Waals surface area contributed by atoms with Gasteiger partial charge >= 0.3 is 0 Å². The van der Waals surface area contributed by atoms with Crippen LogP contribution in [0, 0.1) is 5.92 Å². The molecule has 0 atom stereocenters. The van der Waals surface area contributed by atoms with Crippen molar-refractivity contribution in [3.05, 3.63) is 59.7 Å². The fourth-order valence-corrected chi connectivity index (χ4v) is 3.41. The number of benzene rings is 2. The molecule has 0 bridgehead atoms. The van der Waals surface area contributed by atoms with E-state index in [9.17, 15) is 18.0 Å². The molecule has 0 saturated carbocycles. The minimum atomic E-state index is -3.78. The van der Waals surface area contributed by atoms with Gasteiger partial charge in [-0.25, -0.2) is 8.42 Å². The summed E-state index contributed by atoms with van der Waals surface area (Å²) in [5.74, 6) is 0.174. The van der Waals surface area contributed by atoms with Gasteiger partial charge in [0.05, 0.1) is 4.90 Å². The minimum Gasteiger partial charge on any atom is -0.352 e. The maximum Gasteiger partial charge on any atom is 0.261 e. The molecule has 0 heterocycles. The lowest BCUT2D eigenvalue weighted by molar-refractivity contribution is 0.0951. The molecule has 0 saturated heterocycles. The second-order valence-electron chi connectivity index (χ2n) is 6.70. The Morgan fingerprint density at radius 3 is 2.00 bits per heavy atom. The van der Waals surface area contributed by atoms with Gasteiger partial charge in [0.1, 0.15) is 0 Å². The van der Waals surface area contributed by atoms with Gasteiger partial charge in [0.15, 0.2) is 5.78 Å². The Bertz CT molecular complexity index is 902.